The van der Waals surface area contributed by atoms with Crippen LogP contribution in [0.2, 0.25) is 5.02 Å². The number of aromatic nitrogens is 1. The van der Waals surface area contributed by atoms with Crippen molar-refractivity contribution in [3.63, 3.8) is 0 Å². The van der Waals surface area contributed by atoms with Crippen LogP contribution < -0.4 is 5.32 Å². The molecule has 3 aromatic rings. The van der Waals surface area contributed by atoms with Crippen molar-refractivity contribution in [3.8, 4) is 0 Å². The number of nitrogens with zero attached hydrogens (tertiary/aromatic N) is 1. The number of H-pyrrole nitrogens is 1. The average Bonchev–Trinajstić information content (AvgIpc) is 3.19. The Labute approximate surface area is 201 Å². The smallest absolute Gasteiger partial charge is 0.256 e. The summed E-state index contributed by atoms with van der Waals surface area (Å²) in [6, 6.07) is 13.5. The van der Waals surface area contributed by atoms with Crippen molar-refractivity contribution < 1.29 is 9.90 Å². The van der Waals surface area contributed by atoms with Crippen molar-refractivity contribution in [2.24, 2.45) is 11.8 Å². The van der Waals surface area contributed by atoms with Gasteiger partial charge in [-0.1, -0.05) is 49.7 Å². The van der Waals surface area contributed by atoms with Crippen LogP contribution in [0.5, 0.6) is 0 Å². The fourth-order valence-electron chi connectivity index (χ4n) is 5.11. The van der Waals surface area contributed by atoms with Crippen LogP contribution in [0.1, 0.15) is 54.8 Å². The number of nitrogens with one attached hydrogen (secondary N) is 2. The van der Waals surface area contributed by atoms with Crippen LogP contribution in [0, 0.1) is 11.8 Å². The first-order chi connectivity index (χ1) is 15.8. The number of benzene rings is 2. The summed E-state index contributed by atoms with van der Waals surface area (Å²) < 4.78 is 0. The topological polar surface area (TPSA) is 68.4 Å². The van der Waals surface area contributed by atoms with Gasteiger partial charge in [-0.2, -0.15) is 0 Å². The molecule has 0 aliphatic carbocycles. The fourth-order valence-corrected chi connectivity index (χ4v) is 5.30. The van der Waals surface area contributed by atoms with Gasteiger partial charge in [-0.25, -0.2) is 0 Å². The molecule has 2 aromatic carbocycles. The van der Waals surface area contributed by atoms with Gasteiger partial charge in [0.25, 0.3) is 5.91 Å². The Balaban J connectivity index is 1.43. The number of aromatic amines is 1. The molecule has 0 radical (unpaired) electrons. The van der Waals surface area contributed by atoms with Crippen LogP contribution >= 0.6 is 11.6 Å². The minimum absolute atomic E-state index is 0.114. The fraction of sp³-hybridized carbons (Fsp3) is 0.444. The quantitative estimate of drug-likeness (QED) is 0.447. The van der Waals surface area contributed by atoms with Gasteiger partial charge >= 0.3 is 0 Å². The molecule has 1 aliphatic rings. The summed E-state index contributed by atoms with van der Waals surface area (Å²) in [6.45, 7) is 8.64. The van der Waals surface area contributed by atoms with Crippen molar-refractivity contribution in [1.82, 2.24) is 15.2 Å². The Hall–Kier alpha value is -2.34. The highest BCUT2D eigenvalue weighted by Gasteiger charge is 2.27. The van der Waals surface area contributed by atoms with Crippen molar-refractivity contribution in [1.29, 1.82) is 0 Å². The summed E-state index contributed by atoms with van der Waals surface area (Å²) in [6.07, 6.45) is 3.36. The number of aliphatic hydroxyl groups excluding tert-OH is 1. The lowest BCUT2D eigenvalue weighted by molar-refractivity contribution is 0.0625. The maximum absolute atomic E-state index is 13.3. The zero-order valence-electron chi connectivity index (χ0n) is 19.6. The van der Waals surface area contributed by atoms with E-state index in [-0.39, 0.29) is 11.9 Å². The molecule has 1 aliphatic heterocycles. The number of likely N-dealkylation sites (tertiary alicyclic amines) is 1. The number of halogens is 1. The third-order valence-corrected chi connectivity index (χ3v) is 6.84. The number of hydrogen-bond donors (Lipinski definition) is 3. The Morgan fingerprint density at radius 3 is 2.67 bits per heavy atom. The van der Waals surface area contributed by atoms with Crippen LogP contribution in [0.15, 0.2) is 48.7 Å². The molecular weight excluding hydrogens is 434 g/mol. The molecule has 0 spiro atoms. The Morgan fingerprint density at radius 1 is 1.21 bits per heavy atom. The number of carbonyl (C=O) groups excluding carboxylic acids is 1. The Kier molecular flexibility index (Phi) is 7.42. The molecule has 1 saturated heterocycles. The van der Waals surface area contributed by atoms with E-state index in [0.717, 1.165) is 47.1 Å². The first-order valence-corrected chi connectivity index (χ1v) is 12.2. The second kappa shape index (κ2) is 10.3. The summed E-state index contributed by atoms with van der Waals surface area (Å²) in [5, 5.41) is 15.6. The van der Waals surface area contributed by atoms with Crippen LogP contribution in [0.25, 0.3) is 10.9 Å². The van der Waals surface area contributed by atoms with Crippen molar-refractivity contribution in [3.05, 3.63) is 70.4 Å². The van der Waals surface area contributed by atoms with E-state index in [0.29, 0.717) is 23.4 Å². The van der Waals surface area contributed by atoms with Gasteiger partial charge in [0.15, 0.2) is 0 Å². The summed E-state index contributed by atoms with van der Waals surface area (Å²) >= 11 is 6.04. The molecule has 1 aromatic heterocycles. The number of hydrogen-bond acceptors (Lipinski definition) is 3. The highest BCUT2D eigenvalue weighted by Crippen LogP contribution is 2.27. The molecule has 33 heavy (non-hydrogen) atoms. The molecule has 4 rings (SSSR count). The second-order valence-corrected chi connectivity index (χ2v) is 10.2. The highest BCUT2D eigenvalue weighted by molar-refractivity contribution is 6.30. The monoisotopic (exact) mass is 467 g/mol. The summed E-state index contributed by atoms with van der Waals surface area (Å²) in [7, 11) is 0. The number of carbonyl (C=O) groups is 1. The van der Waals surface area contributed by atoms with E-state index in [9.17, 15) is 9.90 Å². The van der Waals surface area contributed by atoms with Gasteiger partial charge in [-0.05, 0) is 60.9 Å². The minimum Gasteiger partial charge on any atom is -0.387 e. The van der Waals surface area contributed by atoms with Gasteiger partial charge in [0.05, 0.1) is 17.2 Å². The predicted octanol–water partition coefficient (Wildman–Crippen LogP) is 5.19. The normalized spacial score (nSPS) is 20.7. The van der Waals surface area contributed by atoms with E-state index in [4.69, 9.17) is 11.6 Å². The van der Waals surface area contributed by atoms with E-state index < -0.39 is 6.10 Å². The van der Waals surface area contributed by atoms with Gasteiger partial charge in [-0.15, -0.1) is 0 Å². The largest absolute Gasteiger partial charge is 0.387 e. The molecule has 6 heteroatoms. The van der Waals surface area contributed by atoms with Crippen molar-refractivity contribution in [2.75, 3.05) is 19.6 Å². The first kappa shape index (κ1) is 23.8. The van der Waals surface area contributed by atoms with Gasteiger partial charge in [-0.3, -0.25) is 4.79 Å². The third kappa shape index (κ3) is 5.60. The Bertz CT molecular complexity index is 1100. The molecule has 5 nitrogen and oxygen atoms in total. The summed E-state index contributed by atoms with van der Waals surface area (Å²) in [4.78, 5) is 18.7. The van der Waals surface area contributed by atoms with Gasteiger partial charge < -0.3 is 20.3 Å². The van der Waals surface area contributed by atoms with E-state index in [1.54, 1.807) is 12.1 Å². The highest BCUT2D eigenvalue weighted by atomic mass is 35.5. The van der Waals surface area contributed by atoms with Crippen LogP contribution in [0.4, 0.5) is 0 Å². The number of fused-ring (bicyclic) bond motifs is 1. The van der Waals surface area contributed by atoms with E-state index in [1.165, 1.54) is 6.42 Å². The lowest BCUT2D eigenvalue weighted by Crippen LogP contribution is -2.42. The lowest BCUT2D eigenvalue weighted by Gasteiger charge is -2.35. The first-order valence-electron chi connectivity index (χ1n) is 11.9. The molecule has 3 N–H and O–H groups in total. The molecule has 2 heterocycles. The molecule has 2 unspecified atom stereocenters. The molecule has 4 atom stereocenters. The number of para-hydroxylation sites is 1. The van der Waals surface area contributed by atoms with Crippen molar-refractivity contribution in [2.45, 2.75) is 45.8 Å². The van der Waals surface area contributed by atoms with Crippen LogP contribution in [-0.4, -0.2) is 46.6 Å². The standard InChI is InChI=1S/C27H34ClN3O2/c1-17-10-18(2)16-31(15-17)27(33)24-9-5-8-23-21(13-30-26(23)24)11-19(3)29-14-25(32)20-6-4-7-22(28)12-20/h4-9,12-13,17-19,25,29-30,32H,10-11,14-16H2,1-3H3/t17?,18?,19-,25+/m1/s1. The van der Waals surface area contributed by atoms with E-state index in [2.05, 4.69) is 37.1 Å². The molecule has 1 fully saturated rings. The average molecular weight is 468 g/mol. The zero-order valence-corrected chi connectivity index (χ0v) is 20.4. The maximum atomic E-state index is 13.3. The molecular formula is C27H34ClN3O2. The number of aliphatic hydroxyl groups is 1. The maximum Gasteiger partial charge on any atom is 0.256 e. The lowest BCUT2D eigenvalue weighted by atomic mass is 9.91. The molecule has 176 valence electrons. The molecule has 1 amide bonds. The third-order valence-electron chi connectivity index (χ3n) is 6.61. The SMILES string of the molecule is CC1CC(C)CN(C(=O)c2cccc3c(C[C@@H](C)NC[C@H](O)c4cccc(Cl)c4)c[nH]c23)C1. The van der Waals surface area contributed by atoms with Gasteiger partial charge in [0, 0.05) is 42.3 Å². The number of rotatable bonds is 7. The van der Waals surface area contributed by atoms with E-state index in [1.807, 2.05) is 35.4 Å². The van der Waals surface area contributed by atoms with E-state index >= 15 is 0 Å². The van der Waals surface area contributed by atoms with Crippen LogP contribution in [-0.2, 0) is 6.42 Å². The molecule has 0 bridgehead atoms. The molecule has 0 saturated carbocycles. The van der Waals surface area contributed by atoms with Gasteiger partial charge in [0.2, 0.25) is 0 Å². The van der Waals surface area contributed by atoms with Gasteiger partial charge in [0.1, 0.15) is 0 Å². The summed E-state index contributed by atoms with van der Waals surface area (Å²) in [5.41, 5.74) is 3.63. The zero-order chi connectivity index (χ0) is 23.5. The minimum atomic E-state index is -0.618. The Morgan fingerprint density at radius 2 is 1.94 bits per heavy atom. The summed E-state index contributed by atoms with van der Waals surface area (Å²) in [5.74, 6) is 1.18. The number of piperidine rings is 1. The second-order valence-electron chi connectivity index (χ2n) is 9.78. The number of amides is 1. The van der Waals surface area contributed by atoms with Crippen LogP contribution in [0.3, 0.4) is 0 Å². The van der Waals surface area contributed by atoms with Crippen molar-refractivity contribution >= 4 is 28.4 Å². The predicted molar refractivity (Wildman–Crippen MR) is 135 cm³/mol.